The lowest BCUT2D eigenvalue weighted by Gasteiger charge is -2.24. The van der Waals surface area contributed by atoms with Gasteiger partial charge in [0.2, 0.25) is 0 Å². The van der Waals surface area contributed by atoms with Gasteiger partial charge in [-0.2, -0.15) is 0 Å². The molecule has 0 bridgehead atoms. The van der Waals surface area contributed by atoms with Crippen LogP contribution < -0.4 is 5.32 Å². The van der Waals surface area contributed by atoms with Gasteiger partial charge in [-0.1, -0.05) is 23.7 Å². The first-order valence-corrected chi connectivity index (χ1v) is 8.61. The summed E-state index contributed by atoms with van der Waals surface area (Å²) in [6, 6.07) is 10.6. The summed E-state index contributed by atoms with van der Waals surface area (Å²) in [5.74, 6) is 0. The average Bonchev–Trinajstić information content (AvgIpc) is 2.96. The van der Waals surface area contributed by atoms with E-state index in [1.165, 1.54) is 40.6 Å². The molecule has 1 aliphatic rings. The van der Waals surface area contributed by atoms with Gasteiger partial charge in [0.1, 0.15) is 0 Å². The van der Waals surface area contributed by atoms with Gasteiger partial charge in [-0.3, -0.25) is 4.98 Å². The van der Waals surface area contributed by atoms with Gasteiger partial charge < -0.3 is 10.3 Å². The first kappa shape index (κ1) is 14.7. The third-order valence-corrected chi connectivity index (χ3v) is 4.98. The zero-order chi connectivity index (χ0) is 15.6. The van der Waals surface area contributed by atoms with Gasteiger partial charge in [0.05, 0.1) is 0 Å². The number of H-pyrrole nitrogens is 1. The number of benzene rings is 1. The lowest BCUT2D eigenvalue weighted by atomic mass is 9.92. The molecular formula is C19H20ClN3. The monoisotopic (exact) mass is 325 g/mol. The minimum absolute atomic E-state index is 0.415. The highest BCUT2D eigenvalue weighted by atomic mass is 35.5. The number of aromatic nitrogens is 2. The predicted octanol–water partition coefficient (Wildman–Crippen LogP) is 4.43. The third-order valence-electron chi connectivity index (χ3n) is 4.73. The van der Waals surface area contributed by atoms with Crippen LogP contribution in [0, 0.1) is 0 Å². The normalized spacial score (nSPS) is 17.3. The Kier molecular flexibility index (Phi) is 4.06. The molecule has 1 unspecified atom stereocenters. The van der Waals surface area contributed by atoms with E-state index in [1.54, 1.807) is 0 Å². The van der Waals surface area contributed by atoms with Crippen molar-refractivity contribution in [3.8, 4) is 0 Å². The van der Waals surface area contributed by atoms with Crippen LogP contribution in [0.1, 0.15) is 35.7 Å². The highest BCUT2D eigenvalue weighted by Gasteiger charge is 2.23. The molecule has 0 radical (unpaired) electrons. The fourth-order valence-corrected chi connectivity index (χ4v) is 3.68. The van der Waals surface area contributed by atoms with E-state index in [9.17, 15) is 0 Å². The Morgan fingerprint density at radius 2 is 2.09 bits per heavy atom. The number of fused-ring (bicyclic) bond motifs is 3. The van der Waals surface area contributed by atoms with Crippen LogP contribution in [-0.2, 0) is 12.8 Å². The molecule has 4 heteroatoms. The fourth-order valence-electron chi connectivity index (χ4n) is 3.55. The summed E-state index contributed by atoms with van der Waals surface area (Å²) in [5, 5.41) is 5.80. The van der Waals surface area contributed by atoms with Gasteiger partial charge in [0.15, 0.2) is 0 Å². The van der Waals surface area contributed by atoms with Crippen LogP contribution in [0.5, 0.6) is 0 Å². The van der Waals surface area contributed by atoms with Crippen LogP contribution in [0.3, 0.4) is 0 Å². The van der Waals surface area contributed by atoms with E-state index in [-0.39, 0.29) is 0 Å². The van der Waals surface area contributed by atoms with E-state index in [4.69, 9.17) is 11.6 Å². The number of aromatic amines is 1. The van der Waals surface area contributed by atoms with Gasteiger partial charge >= 0.3 is 0 Å². The molecule has 0 spiro atoms. The van der Waals surface area contributed by atoms with E-state index in [0.29, 0.717) is 6.04 Å². The fraction of sp³-hybridized carbons (Fsp3) is 0.316. The zero-order valence-corrected chi connectivity index (χ0v) is 13.7. The van der Waals surface area contributed by atoms with E-state index >= 15 is 0 Å². The molecule has 1 atom stereocenters. The Labute approximate surface area is 141 Å². The first-order valence-electron chi connectivity index (χ1n) is 8.23. The quantitative estimate of drug-likeness (QED) is 0.745. The Hall–Kier alpha value is -1.84. The maximum Gasteiger partial charge on any atom is 0.0490 e. The molecule has 1 aliphatic carbocycles. The van der Waals surface area contributed by atoms with Gasteiger partial charge in [0, 0.05) is 40.1 Å². The van der Waals surface area contributed by atoms with Gasteiger partial charge in [-0.25, -0.2) is 0 Å². The number of hydrogen-bond donors (Lipinski definition) is 2. The summed E-state index contributed by atoms with van der Waals surface area (Å²) >= 11 is 5.94. The summed E-state index contributed by atoms with van der Waals surface area (Å²) < 4.78 is 0. The summed E-state index contributed by atoms with van der Waals surface area (Å²) in [7, 11) is 0. The van der Waals surface area contributed by atoms with Crippen LogP contribution in [0.25, 0.3) is 10.9 Å². The highest BCUT2D eigenvalue weighted by Crippen LogP contribution is 2.34. The molecule has 0 amide bonds. The van der Waals surface area contributed by atoms with Crippen molar-refractivity contribution in [1.29, 1.82) is 0 Å². The minimum atomic E-state index is 0.415. The molecule has 2 aromatic heterocycles. The number of rotatable bonds is 4. The smallest absolute Gasteiger partial charge is 0.0490 e. The van der Waals surface area contributed by atoms with E-state index in [2.05, 4.69) is 33.5 Å². The zero-order valence-electron chi connectivity index (χ0n) is 13.0. The van der Waals surface area contributed by atoms with Crippen LogP contribution in [0.2, 0.25) is 5.02 Å². The molecule has 3 nitrogen and oxygen atoms in total. The van der Waals surface area contributed by atoms with Crippen molar-refractivity contribution in [2.45, 2.75) is 31.7 Å². The number of halogens is 1. The predicted molar refractivity (Wildman–Crippen MR) is 94.9 cm³/mol. The Morgan fingerprint density at radius 3 is 2.96 bits per heavy atom. The number of aryl methyl sites for hydroxylation is 1. The molecule has 4 rings (SSSR count). The van der Waals surface area contributed by atoms with Crippen LogP contribution >= 0.6 is 11.6 Å². The van der Waals surface area contributed by atoms with Crippen LogP contribution in [0.4, 0.5) is 0 Å². The Balaban J connectivity index is 1.47. The Bertz CT molecular complexity index is 807. The summed E-state index contributed by atoms with van der Waals surface area (Å²) in [4.78, 5) is 7.88. The van der Waals surface area contributed by atoms with Crippen molar-refractivity contribution >= 4 is 22.5 Å². The maximum atomic E-state index is 5.94. The Morgan fingerprint density at radius 1 is 1.22 bits per heavy atom. The van der Waals surface area contributed by atoms with Gasteiger partial charge in [-0.05, 0) is 61.6 Å². The van der Waals surface area contributed by atoms with Crippen molar-refractivity contribution < 1.29 is 0 Å². The molecule has 0 fully saturated rings. The molecule has 3 aromatic rings. The van der Waals surface area contributed by atoms with Gasteiger partial charge in [0.25, 0.3) is 0 Å². The van der Waals surface area contributed by atoms with E-state index < -0.39 is 0 Å². The molecule has 118 valence electrons. The standard InChI is InChI=1S/C19H20ClN3/c20-14-6-4-13(5-7-14)8-11-22-18-3-1-2-15-16-12-21-10-9-17(16)23-19(15)18/h4-7,9-10,12,18,22-23H,1-3,8,11H2. The van der Waals surface area contributed by atoms with Crippen LogP contribution in [-0.4, -0.2) is 16.5 Å². The maximum absolute atomic E-state index is 5.94. The minimum Gasteiger partial charge on any atom is -0.357 e. The average molecular weight is 326 g/mol. The second kappa shape index (κ2) is 6.34. The van der Waals surface area contributed by atoms with Crippen molar-refractivity contribution in [3.05, 3.63) is 64.6 Å². The van der Waals surface area contributed by atoms with E-state index in [1.807, 2.05) is 24.5 Å². The number of hydrogen-bond acceptors (Lipinski definition) is 2. The summed E-state index contributed by atoms with van der Waals surface area (Å²) in [6.07, 6.45) is 8.43. The van der Waals surface area contributed by atoms with Crippen molar-refractivity contribution in [3.63, 3.8) is 0 Å². The molecular weight excluding hydrogens is 306 g/mol. The SMILES string of the molecule is Clc1ccc(CCNC2CCCc3c2[nH]c2ccncc32)cc1. The first-order chi connectivity index (χ1) is 11.3. The molecule has 23 heavy (non-hydrogen) atoms. The second-order valence-corrected chi connectivity index (χ2v) is 6.65. The molecule has 0 saturated carbocycles. The third kappa shape index (κ3) is 2.99. The highest BCUT2D eigenvalue weighted by molar-refractivity contribution is 6.30. The topological polar surface area (TPSA) is 40.7 Å². The van der Waals surface area contributed by atoms with Gasteiger partial charge in [-0.15, -0.1) is 0 Å². The second-order valence-electron chi connectivity index (χ2n) is 6.21. The largest absolute Gasteiger partial charge is 0.357 e. The summed E-state index contributed by atoms with van der Waals surface area (Å²) in [5.41, 5.74) is 5.33. The van der Waals surface area contributed by atoms with Crippen molar-refractivity contribution in [2.24, 2.45) is 0 Å². The molecule has 0 saturated heterocycles. The lowest BCUT2D eigenvalue weighted by Crippen LogP contribution is -2.27. The van der Waals surface area contributed by atoms with E-state index in [0.717, 1.165) is 24.4 Å². The van der Waals surface area contributed by atoms with Crippen molar-refractivity contribution in [1.82, 2.24) is 15.3 Å². The number of nitrogens with one attached hydrogen (secondary N) is 2. The lowest BCUT2D eigenvalue weighted by molar-refractivity contribution is 0.456. The summed E-state index contributed by atoms with van der Waals surface area (Å²) in [6.45, 7) is 0.972. The molecule has 2 N–H and O–H groups in total. The number of pyridine rings is 1. The molecule has 2 heterocycles. The number of nitrogens with zero attached hydrogens (tertiary/aromatic N) is 1. The van der Waals surface area contributed by atoms with Crippen LogP contribution in [0.15, 0.2) is 42.7 Å². The molecule has 0 aliphatic heterocycles. The van der Waals surface area contributed by atoms with Crippen molar-refractivity contribution in [2.75, 3.05) is 6.54 Å². The molecule has 1 aromatic carbocycles.